The number of ether oxygens (including phenoxy) is 1. The monoisotopic (exact) mass is 381 g/mol. The van der Waals surface area contributed by atoms with Crippen LogP contribution in [0.1, 0.15) is 43.7 Å². The van der Waals surface area contributed by atoms with Gasteiger partial charge in [0.15, 0.2) is 5.69 Å². The van der Waals surface area contributed by atoms with Crippen molar-refractivity contribution in [2.45, 2.75) is 39.2 Å². The number of rotatable bonds is 6. The summed E-state index contributed by atoms with van der Waals surface area (Å²) in [5.74, 6) is 0.0150. The second-order valence-corrected chi connectivity index (χ2v) is 7.42. The average molecular weight is 382 g/mol. The van der Waals surface area contributed by atoms with Crippen LogP contribution in [0.5, 0.6) is 0 Å². The van der Waals surface area contributed by atoms with E-state index in [0.29, 0.717) is 22.4 Å². The Balaban J connectivity index is 2.09. The van der Waals surface area contributed by atoms with Gasteiger partial charge in [0.1, 0.15) is 5.82 Å². The van der Waals surface area contributed by atoms with Gasteiger partial charge >= 0.3 is 5.97 Å². The zero-order valence-corrected chi connectivity index (χ0v) is 16.1. The van der Waals surface area contributed by atoms with Gasteiger partial charge in [-0.1, -0.05) is 43.1 Å². The van der Waals surface area contributed by atoms with Crippen LogP contribution >= 0.6 is 23.2 Å². The lowest BCUT2D eigenvalue weighted by Crippen LogP contribution is -2.28. The van der Waals surface area contributed by atoms with Crippen molar-refractivity contribution in [1.82, 2.24) is 9.97 Å². The number of esters is 1. The van der Waals surface area contributed by atoms with Crippen molar-refractivity contribution in [3.8, 4) is 0 Å². The second-order valence-electron chi connectivity index (χ2n) is 6.61. The van der Waals surface area contributed by atoms with Crippen molar-refractivity contribution in [2.75, 3.05) is 11.9 Å². The van der Waals surface area contributed by atoms with Crippen LogP contribution in [0, 0.1) is 0 Å². The highest BCUT2D eigenvalue weighted by atomic mass is 35.5. The van der Waals surface area contributed by atoms with Gasteiger partial charge in [-0.25, -0.2) is 9.78 Å². The summed E-state index contributed by atoms with van der Waals surface area (Å²) >= 11 is 12.1. The Kier molecular flexibility index (Phi) is 6.25. The molecule has 0 saturated carbocycles. The number of anilines is 1. The lowest BCUT2D eigenvalue weighted by atomic mass is 9.84. The Morgan fingerprint density at radius 3 is 2.60 bits per heavy atom. The zero-order chi connectivity index (χ0) is 18.6. The largest absolute Gasteiger partial charge is 0.458 e. The van der Waals surface area contributed by atoms with Gasteiger partial charge in [0, 0.05) is 12.0 Å². The number of carbonyl (C=O) groups is 1. The smallest absolute Gasteiger partial charge is 0.358 e. The summed E-state index contributed by atoms with van der Waals surface area (Å²) in [5, 5.41) is 4.25. The minimum absolute atomic E-state index is 0.172. The maximum atomic E-state index is 11.9. The van der Waals surface area contributed by atoms with Crippen LogP contribution in [0.2, 0.25) is 10.0 Å². The molecule has 0 radical (unpaired) electrons. The molecule has 0 bridgehead atoms. The first kappa shape index (κ1) is 19.5. The number of aromatic nitrogens is 2. The van der Waals surface area contributed by atoms with Crippen LogP contribution in [0.25, 0.3) is 0 Å². The lowest BCUT2D eigenvalue weighted by Gasteiger charge is -2.26. The SMILES string of the molecule is CC(C)OC(=O)c1cncc(NCC(C)(C)c2ccc(Cl)c(Cl)c2)n1. The molecule has 2 rings (SSSR count). The predicted molar refractivity (Wildman–Crippen MR) is 101 cm³/mol. The molecular weight excluding hydrogens is 361 g/mol. The standard InChI is InChI=1S/C18H21Cl2N3O2/c1-11(2)25-17(24)15-8-21-9-16(23-15)22-10-18(3,4)12-5-6-13(19)14(20)7-12/h5-9,11H,10H2,1-4H3,(H,22,23). The molecule has 0 atom stereocenters. The molecule has 1 heterocycles. The minimum Gasteiger partial charge on any atom is -0.458 e. The molecule has 0 amide bonds. The first-order valence-electron chi connectivity index (χ1n) is 7.91. The summed E-state index contributed by atoms with van der Waals surface area (Å²) in [6.45, 7) is 8.29. The molecule has 0 aliphatic carbocycles. The highest BCUT2D eigenvalue weighted by Crippen LogP contribution is 2.30. The molecule has 0 unspecified atom stereocenters. The number of benzene rings is 1. The number of nitrogens with zero attached hydrogens (tertiary/aromatic N) is 2. The van der Waals surface area contributed by atoms with Gasteiger partial charge in [0.2, 0.25) is 0 Å². The second kappa shape index (κ2) is 8.02. The van der Waals surface area contributed by atoms with Crippen molar-refractivity contribution in [1.29, 1.82) is 0 Å². The molecular formula is C18H21Cl2N3O2. The third kappa shape index (κ3) is 5.31. The molecule has 1 aromatic carbocycles. The van der Waals surface area contributed by atoms with Gasteiger partial charge in [-0.3, -0.25) is 4.98 Å². The quantitative estimate of drug-likeness (QED) is 0.732. The third-order valence-corrected chi connectivity index (χ3v) is 4.34. The molecule has 1 aromatic heterocycles. The van der Waals surface area contributed by atoms with E-state index in [2.05, 4.69) is 29.1 Å². The molecule has 0 aliphatic heterocycles. The average Bonchev–Trinajstić information content (AvgIpc) is 2.55. The Morgan fingerprint density at radius 1 is 1.24 bits per heavy atom. The van der Waals surface area contributed by atoms with E-state index in [1.165, 1.54) is 6.20 Å². The van der Waals surface area contributed by atoms with E-state index in [4.69, 9.17) is 27.9 Å². The highest BCUT2D eigenvalue weighted by molar-refractivity contribution is 6.42. The fourth-order valence-corrected chi connectivity index (χ4v) is 2.45. The number of halogens is 2. The summed E-state index contributed by atoms with van der Waals surface area (Å²) in [6.07, 6.45) is 2.75. The Hall–Kier alpha value is -1.85. The van der Waals surface area contributed by atoms with Crippen LogP contribution in [-0.4, -0.2) is 28.6 Å². The Bertz CT molecular complexity index is 764. The summed E-state index contributed by atoms with van der Waals surface area (Å²) in [4.78, 5) is 20.2. The highest BCUT2D eigenvalue weighted by Gasteiger charge is 2.22. The molecule has 0 saturated heterocycles. The lowest BCUT2D eigenvalue weighted by molar-refractivity contribution is 0.0370. The maximum absolute atomic E-state index is 11.9. The van der Waals surface area contributed by atoms with E-state index in [1.54, 1.807) is 26.1 Å². The van der Waals surface area contributed by atoms with Crippen LogP contribution in [0.3, 0.4) is 0 Å². The number of hydrogen-bond donors (Lipinski definition) is 1. The molecule has 5 nitrogen and oxygen atoms in total. The first-order valence-corrected chi connectivity index (χ1v) is 8.67. The van der Waals surface area contributed by atoms with E-state index in [-0.39, 0.29) is 17.2 Å². The summed E-state index contributed by atoms with van der Waals surface area (Å²) in [5.41, 5.74) is 0.980. The van der Waals surface area contributed by atoms with Crippen LogP contribution in [-0.2, 0) is 10.2 Å². The maximum Gasteiger partial charge on any atom is 0.358 e. The summed E-state index contributed by atoms with van der Waals surface area (Å²) in [6, 6.07) is 5.58. The van der Waals surface area contributed by atoms with Crippen molar-refractivity contribution in [2.24, 2.45) is 0 Å². The third-order valence-electron chi connectivity index (χ3n) is 3.60. The number of carbonyl (C=O) groups excluding carboxylic acids is 1. The first-order chi connectivity index (χ1) is 11.7. The number of nitrogens with one attached hydrogen (secondary N) is 1. The Morgan fingerprint density at radius 2 is 1.96 bits per heavy atom. The van der Waals surface area contributed by atoms with Crippen molar-refractivity contribution in [3.05, 3.63) is 51.9 Å². The van der Waals surface area contributed by atoms with Gasteiger partial charge in [-0.2, -0.15) is 0 Å². The van der Waals surface area contributed by atoms with Crippen LogP contribution in [0.15, 0.2) is 30.6 Å². The van der Waals surface area contributed by atoms with Crippen LogP contribution in [0.4, 0.5) is 5.82 Å². The normalized spacial score (nSPS) is 11.5. The molecule has 0 spiro atoms. The molecule has 7 heteroatoms. The minimum atomic E-state index is -0.491. The summed E-state index contributed by atoms with van der Waals surface area (Å²) < 4.78 is 5.13. The van der Waals surface area contributed by atoms with E-state index < -0.39 is 5.97 Å². The van der Waals surface area contributed by atoms with Crippen molar-refractivity contribution in [3.63, 3.8) is 0 Å². The van der Waals surface area contributed by atoms with Gasteiger partial charge in [-0.15, -0.1) is 0 Å². The summed E-state index contributed by atoms with van der Waals surface area (Å²) in [7, 11) is 0. The van der Waals surface area contributed by atoms with E-state index in [0.717, 1.165) is 5.56 Å². The Labute approximate surface area is 157 Å². The van der Waals surface area contributed by atoms with E-state index in [9.17, 15) is 4.79 Å². The fourth-order valence-electron chi connectivity index (χ4n) is 2.15. The van der Waals surface area contributed by atoms with Gasteiger partial charge in [0.25, 0.3) is 0 Å². The van der Waals surface area contributed by atoms with Crippen molar-refractivity contribution < 1.29 is 9.53 Å². The molecule has 2 aromatic rings. The number of hydrogen-bond acceptors (Lipinski definition) is 5. The van der Waals surface area contributed by atoms with E-state index in [1.807, 2.05) is 12.1 Å². The molecule has 0 aliphatic rings. The predicted octanol–water partition coefficient (Wildman–Crippen LogP) is 4.74. The van der Waals surface area contributed by atoms with Crippen LogP contribution < -0.4 is 5.32 Å². The van der Waals surface area contributed by atoms with Gasteiger partial charge in [-0.05, 0) is 31.5 Å². The molecule has 1 N–H and O–H groups in total. The van der Waals surface area contributed by atoms with E-state index >= 15 is 0 Å². The topological polar surface area (TPSA) is 64.1 Å². The zero-order valence-electron chi connectivity index (χ0n) is 14.6. The van der Waals surface area contributed by atoms with Crippen molar-refractivity contribution >= 4 is 35.0 Å². The van der Waals surface area contributed by atoms with Gasteiger partial charge < -0.3 is 10.1 Å². The molecule has 25 heavy (non-hydrogen) atoms. The fraction of sp³-hybridized carbons (Fsp3) is 0.389. The molecule has 0 fully saturated rings. The molecule has 134 valence electrons. The van der Waals surface area contributed by atoms with Gasteiger partial charge in [0.05, 0.1) is 28.5 Å².